The number of para-hydroxylation sites is 1. The molecule has 156 valence electrons. The third kappa shape index (κ3) is 5.00. The molecule has 6 heteroatoms. The molecule has 0 amide bonds. The maximum Gasteiger partial charge on any atom is 0.315 e. The lowest BCUT2D eigenvalue weighted by Gasteiger charge is -2.13. The summed E-state index contributed by atoms with van der Waals surface area (Å²) in [4.78, 5) is 18.0. The Morgan fingerprint density at radius 3 is 2.50 bits per heavy atom. The average molecular weight is 406 g/mol. The number of hydroxylamine groups is 1. The molecule has 2 aromatic rings. The van der Waals surface area contributed by atoms with Crippen molar-refractivity contribution in [3.8, 4) is 17.6 Å². The van der Waals surface area contributed by atoms with Crippen LogP contribution in [0.25, 0.3) is 0 Å². The molecule has 6 nitrogen and oxygen atoms in total. The summed E-state index contributed by atoms with van der Waals surface area (Å²) in [5, 5.41) is 9.59. The van der Waals surface area contributed by atoms with Gasteiger partial charge in [-0.25, -0.2) is 0 Å². The Morgan fingerprint density at radius 2 is 1.83 bits per heavy atom. The summed E-state index contributed by atoms with van der Waals surface area (Å²) in [5.74, 6) is 0.405. The van der Waals surface area contributed by atoms with Crippen molar-refractivity contribution in [2.24, 2.45) is 11.3 Å². The van der Waals surface area contributed by atoms with Crippen LogP contribution < -0.4 is 10.2 Å². The molecule has 1 N–H and O–H groups in total. The van der Waals surface area contributed by atoms with Gasteiger partial charge in [-0.1, -0.05) is 44.2 Å². The Balaban J connectivity index is 1.68. The molecule has 30 heavy (non-hydrogen) atoms. The number of esters is 1. The lowest BCUT2D eigenvalue weighted by Crippen LogP contribution is -2.15. The average Bonchev–Trinajstić information content (AvgIpc) is 3.27. The molecule has 3 rings (SSSR count). The number of carbonyl (C=O) groups is 1. The molecule has 0 heterocycles. The highest BCUT2D eigenvalue weighted by atomic mass is 16.7. The van der Waals surface area contributed by atoms with Crippen LogP contribution in [0, 0.1) is 22.7 Å². The minimum absolute atomic E-state index is 0.0162. The molecule has 0 spiro atoms. The molecular weight excluding hydrogens is 380 g/mol. The number of ether oxygens (including phenoxy) is 2. The van der Waals surface area contributed by atoms with Crippen molar-refractivity contribution in [3.05, 3.63) is 71.9 Å². The van der Waals surface area contributed by atoms with Crippen molar-refractivity contribution in [3.63, 3.8) is 0 Å². The summed E-state index contributed by atoms with van der Waals surface area (Å²) < 4.78 is 11.4. The maximum absolute atomic E-state index is 12.7. The molecule has 0 saturated heterocycles. The first-order valence-corrected chi connectivity index (χ1v) is 9.87. The van der Waals surface area contributed by atoms with Gasteiger partial charge in [0.1, 0.15) is 17.6 Å². The molecule has 0 aromatic heterocycles. The number of nitrogens with zero attached hydrogens (tertiary/aromatic N) is 1. The highest BCUT2D eigenvalue weighted by Gasteiger charge is 2.58. The van der Waals surface area contributed by atoms with Crippen molar-refractivity contribution in [2.75, 3.05) is 0 Å². The van der Waals surface area contributed by atoms with Crippen LogP contribution in [-0.4, -0.2) is 12.1 Å². The molecule has 1 fully saturated rings. The fraction of sp³-hybridized carbons (Fsp3) is 0.333. The monoisotopic (exact) mass is 406 g/mol. The minimum Gasteiger partial charge on any atom is -0.457 e. The number of carbonyl (C=O) groups excluding carboxylic acids is 1. The fourth-order valence-electron chi connectivity index (χ4n) is 3.22. The van der Waals surface area contributed by atoms with Gasteiger partial charge in [-0.3, -0.25) is 15.1 Å². The van der Waals surface area contributed by atoms with E-state index >= 15 is 0 Å². The van der Waals surface area contributed by atoms with Crippen LogP contribution in [0.5, 0.6) is 11.5 Å². The Bertz CT molecular complexity index is 961. The van der Waals surface area contributed by atoms with E-state index in [2.05, 4.69) is 11.5 Å². The van der Waals surface area contributed by atoms with Crippen molar-refractivity contribution in [2.45, 2.75) is 39.9 Å². The van der Waals surface area contributed by atoms with E-state index in [-0.39, 0.29) is 11.5 Å². The van der Waals surface area contributed by atoms with E-state index in [0.717, 1.165) is 5.57 Å². The van der Waals surface area contributed by atoms with E-state index in [0.29, 0.717) is 17.1 Å². The molecule has 1 aliphatic carbocycles. The summed E-state index contributed by atoms with van der Waals surface area (Å²) in [7, 11) is 0. The second-order valence-electron chi connectivity index (χ2n) is 7.97. The van der Waals surface area contributed by atoms with Gasteiger partial charge in [-0.15, -0.1) is 0 Å². The summed E-state index contributed by atoms with van der Waals surface area (Å²) >= 11 is 0. The van der Waals surface area contributed by atoms with Crippen molar-refractivity contribution >= 4 is 5.97 Å². The fourth-order valence-corrected chi connectivity index (χ4v) is 3.22. The number of hydrogen-bond acceptors (Lipinski definition) is 6. The first kappa shape index (κ1) is 21.4. The van der Waals surface area contributed by atoms with Crippen LogP contribution in [-0.2, 0) is 14.4 Å². The number of nitrogens with one attached hydrogen (secondary N) is 1. The zero-order valence-corrected chi connectivity index (χ0v) is 17.6. The Hall–Kier alpha value is -3.30. The third-order valence-corrected chi connectivity index (χ3v) is 4.94. The molecule has 1 unspecified atom stereocenters. The van der Waals surface area contributed by atoms with Crippen LogP contribution in [0.1, 0.15) is 39.4 Å². The van der Waals surface area contributed by atoms with Crippen LogP contribution in [0.2, 0.25) is 0 Å². The Labute approximate surface area is 177 Å². The Morgan fingerprint density at radius 1 is 1.13 bits per heavy atom. The molecule has 0 radical (unpaired) electrons. The third-order valence-electron chi connectivity index (χ3n) is 4.94. The molecule has 1 saturated carbocycles. The van der Waals surface area contributed by atoms with Crippen LogP contribution in [0.4, 0.5) is 0 Å². The van der Waals surface area contributed by atoms with Gasteiger partial charge in [0, 0.05) is 17.2 Å². The van der Waals surface area contributed by atoms with Crippen LogP contribution >= 0.6 is 0 Å². The standard InChI is InChI=1S/C24H26N2O4/c1-16(2)30-26-15-20-22(24(20,3)4)23(27)29-21(14-25)17-9-8-12-19(13-17)28-18-10-6-5-7-11-18/h5-13,15-16,21-22,26H,1-4H3/t21?,22-/m0/s1. The molecule has 2 aromatic carbocycles. The number of nitriles is 1. The van der Waals surface area contributed by atoms with Crippen molar-refractivity contribution in [1.82, 2.24) is 5.48 Å². The van der Waals surface area contributed by atoms with Gasteiger partial charge >= 0.3 is 5.97 Å². The second kappa shape index (κ2) is 9.02. The molecule has 0 aliphatic heterocycles. The minimum atomic E-state index is -1.02. The van der Waals surface area contributed by atoms with E-state index in [1.165, 1.54) is 0 Å². The summed E-state index contributed by atoms with van der Waals surface area (Å²) in [6, 6.07) is 18.4. The predicted octanol–water partition coefficient (Wildman–Crippen LogP) is 5.06. The van der Waals surface area contributed by atoms with E-state index < -0.39 is 18.0 Å². The van der Waals surface area contributed by atoms with E-state index in [4.69, 9.17) is 14.3 Å². The van der Waals surface area contributed by atoms with Crippen molar-refractivity contribution in [1.29, 1.82) is 5.26 Å². The summed E-state index contributed by atoms with van der Waals surface area (Å²) in [5.41, 5.74) is 3.86. The normalized spacial score (nSPS) is 19.1. The van der Waals surface area contributed by atoms with Gasteiger partial charge in [0.15, 0.2) is 0 Å². The van der Waals surface area contributed by atoms with Crippen molar-refractivity contribution < 1.29 is 19.1 Å². The Kier molecular flexibility index (Phi) is 6.43. The van der Waals surface area contributed by atoms with Gasteiger partial charge in [0.05, 0.1) is 12.0 Å². The number of benzene rings is 2. The lowest BCUT2D eigenvalue weighted by molar-refractivity contribution is -0.149. The van der Waals surface area contributed by atoms with Gasteiger partial charge in [0.2, 0.25) is 6.10 Å². The van der Waals surface area contributed by atoms with Crippen LogP contribution in [0.3, 0.4) is 0 Å². The zero-order valence-electron chi connectivity index (χ0n) is 17.6. The number of hydrogen-bond donors (Lipinski definition) is 1. The SMILES string of the molecule is CC(C)ONC=C1[C@@H](C(=O)OC(C#N)c2cccc(Oc3ccccc3)c2)C1(C)C. The number of rotatable bonds is 8. The summed E-state index contributed by atoms with van der Waals surface area (Å²) in [6.07, 6.45) is 0.693. The molecule has 1 aliphatic rings. The highest BCUT2D eigenvalue weighted by molar-refractivity contribution is 5.84. The van der Waals surface area contributed by atoms with Gasteiger partial charge < -0.3 is 9.47 Å². The van der Waals surface area contributed by atoms with E-state index in [1.54, 1.807) is 30.5 Å². The van der Waals surface area contributed by atoms with Gasteiger partial charge in [-0.2, -0.15) is 5.26 Å². The van der Waals surface area contributed by atoms with E-state index in [1.807, 2.05) is 58.0 Å². The molecule has 2 atom stereocenters. The summed E-state index contributed by atoms with van der Waals surface area (Å²) in [6.45, 7) is 7.72. The zero-order chi connectivity index (χ0) is 21.7. The highest BCUT2D eigenvalue weighted by Crippen LogP contribution is 2.58. The quantitative estimate of drug-likeness (QED) is 0.488. The molecule has 0 bridgehead atoms. The topological polar surface area (TPSA) is 80.6 Å². The van der Waals surface area contributed by atoms with E-state index in [9.17, 15) is 10.1 Å². The van der Waals surface area contributed by atoms with Crippen LogP contribution in [0.15, 0.2) is 66.4 Å². The smallest absolute Gasteiger partial charge is 0.315 e. The van der Waals surface area contributed by atoms with Gasteiger partial charge in [0.25, 0.3) is 0 Å². The molecular formula is C24H26N2O4. The first-order chi connectivity index (χ1) is 14.3. The first-order valence-electron chi connectivity index (χ1n) is 9.87. The largest absolute Gasteiger partial charge is 0.457 e. The lowest BCUT2D eigenvalue weighted by atomic mass is 10.1. The van der Waals surface area contributed by atoms with Gasteiger partial charge in [-0.05, 0) is 43.7 Å². The maximum atomic E-state index is 12.7. The second-order valence-corrected chi connectivity index (χ2v) is 7.97. The predicted molar refractivity (Wildman–Crippen MR) is 112 cm³/mol.